The number of benzene rings is 2. The maximum Gasteiger partial charge on any atom is 0.123 e. The molecule has 1 atom stereocenters. The van der Waals surface area contributed by atoms with E-state index in [2.05, 4.69) is 16.8 Å². The Labute approximate surface area is 183 Å². The van der Waals surface area contributed by atoms with E-state index in [4.69, 9.17) is 4.74 Å². The van der Waals surface area contributed by atoms with E-state index in [1.54, 1.807) is 24.3 Å². The lowest BCUT2D eigenvalue weighted by Crippen LogP contribution is -2.45. The zero-order valence-electron chi connectivity index (χ0n) is 18.1. The summed E-state index contributed by atoms with van der Waals surface area (Å²) in [7, 11) is 2.07. The molecule has 0 saturated carbocycles. The molecule has 4 rings (SSSR count). The zero-order chi connectivity index (χ0) is 21.8. The summed E-state index contributed by atoms with van der Waals surface area (Å²) in [6.07, 6.45) is 4.06. The molecule has 2 fully saturated rings. The Balaban J connectivity index is 1.43. The van der Waals surface area contributed by atoms with Crippen LogP contribution in [-0.2, 0) is 10.3 Å². The number of rotatable bonds is 6. The second kappa shape index (κ2) is 9.74. The van der Waals surface area contributed by atoms with Gasteiger partial charge in [0.15, 0.2) is 0 Å². The number of hydrogen-bond donors (Lipinski definition) is 1. The second-order valence-corrected chi connectivity index (χ2v) is 8.97. The summed E-state index contributed by atoms with van der Waals surface area (Å²) < 4.78 is 33.0. The van der Waals surface area contributed by atoms with Gasteiger partial charge in [0.2, 0.25) is 0 Å². The van der Waals surface area contributed by atoms with E-state index in [9.17, 15) is 13.9 Å². The van der Waals surface area contributed by atoms with E-state index in [1.165, 1.54) is 24.3 Å². The predicted molar refractivity (Wildman–Crippen MR) is 117 cm³/mol. The first-order valence-electron chi connectivity index (χ1n) is 11.2. The topological polar surface area (TPSA) is 35.9 Å². The fraction of sp³-hybridized carbons (Fsp3) is 0.520. The first kappa shape index (κ1) is 22.3. The molecule has 1 N–H and O–H groups in total. The Morgan fingerprint density at radius 3 is 1.94 bits per heavy atom. The van der Waals surface area contributed by atoms with Crippen molar-refractivity contribution < 1.29 is 18.6 Å². The highest BCUT2D eigenvalue weighted by Gasteiger charge is 2.41. The lowest BCUT2D eigenvalue weighted by Gasteiger charge is -2.42. The van der Waals surface area contributed by atoms with Crippen molar-refractivity contribution in [2.24, 2.45) is 5.92 Å². The number of piperidine rings is 1. The van der Waals surface area contributed by atoms with Crippen LogP contribution in [0.3, 0.4) is 0 Å². The van der Waals surface area contributed by atoms with E-state index < -0.39 is 5.60 Å². The third-order valence-corrected chi connectivity index (χ3v) is 6.88. The van der Waals surface area contributed by atoms with Gasteiger partial charge in [0.05, 0.1) is 12.8 Å². The van der Waals surface area contributed by atoms with Gasteiger partial charge in [-0.3, -0.25) is 4.90 Å². The molecule has 0 bridgehead atoms. The summed E-state index contributed by atoms with van der Waals surface area (Å²) in [5.74, 6) is -0.702. The highest BCUT2D eigenvalue weighted by molar-refractivity contribution is 5.37. The minimum atomic E-state index is -1.27. The number of halogens is 2. The van der Waals surface area contributed by atoms with Gasteiger partial charge in [-0.15, -0.1) is 0 Å². The van der Waals surface area contributed by atoms with Gasteiger partial charge < -0.3 is 14.7 Å². The minimum Gasteiger partial charge on any atom is -0.380 e. The molecule has 31 heavy (non-hydrogen) atoms. The van der Waals surface area contributed by atoms with Gasteiger partial charge in [0.1, 0.15) is 17.2 Å². The summed E-state index contributed by atoms with van der Waals surface area (Å²) in [5.41, 5.74) is 0.0299. The Morgan fingerprint density at radius 2 is 1.45 bits per heavy atom. The third-order valence-electron chi connectivity index (χ3n) is 6.88. The smallest absolute Gasteiger partial charge is 0.123 e. The lowest BCUT2D eigenvalue weighted by molar-refractivity contribution is -0.0657. The van der Waals surface area contributed by atoms with Gasteiger partial charge in [0, 0.05) is 13.1 Å². The molecule has 0 aliphatic carbocycles. The average molecular weight is 431 g/mol. The molecule has 168 valence electrons. The van der Waals surface area contributed by atoms with Crippen LogP contribution in [0, 0.1) is 17.6 Å². The van der Waals surface area contributed by atoms with Crippen molar-refractivity contribution in [1.29, 1.82) is 0 Å². The van der Waals surface area contributed by atoms with Gasteiger partial charge in [-0.2, -0.15) is 0 Å². The Bertz CT molecular complexity index is 782. The molecule has 0 aromatic heterocycles. The van der Waals surface area contributed by atoms with Crippen LogP contribution in [0.4, 0.5) is 8.78 Å². The SMILES string of the molecule is CN1CCC(CCN2CCC(C(O)(c3ccc(F)cc3)c3ccc(F)cc3)CC2)OC1. The Morgan fingerprint density at radius 1 is 0.903 bits per heavy atom. The van der Waals surface area contributed by atoms with Crippen molar-refractivity contribution in [1.82, 2.24) is 9.80 Å². The molecule has 2 heterocycles. The first-order valence-corrected chi connectivity index (χ1v) is 11.2. The van der Waals surface area contributed by atoms with Crippen molar-refractivity contribution in [3.63, 3.8) is 0 Å². The second-order valence-electron chi connectivity index (χ2n) is 8.97. The van der Waals surface area contributed by atoms with Crippen LogP contribution < -0.4 is 0 Å². The molecule has 2 saturated heterocycles. The van der Waals surface area contributed by atoms with Crippen LogP contribution in [0.1, 0.15) is 36.8 Å². The molecule has 2 aliphatic heterocycles. The van der Waals surface area contributed by atoms with Crippen LogP contribution in [0.15, 0.2) is 48.5 Å². The normalized spacial score (nSPS) is 22.0. The largest absolute Gasteiger partial charge is 0.380 e. The molecule has 0 spiro atoms. The van der Waals surface area contributed by atoms with Gasteiger partial charge in [-0.05, 0) is 87.1 Å². The number of nitrogens with zero attached hydrogens (tertiary/aromatic N) is 2. The van der Waals surface area contributed by atoms with Crippen molar-refractivity contribution in [2.45, 2.75) is 37.4 Å². The fourth-order valence-corrected chi connectivity index (χ4v) is 4.92. The van der Waals surface area contributed by atoms with Gasteiger partial charge in [0.25, 0.3) is 0 Å². The van der Waals surface area contributed by atoms with Crippen molar-refractivity contribution >= 4 is 0 Å². The molecule has 2 aliphatic rings. The van der Waals surface area contributed by atoms with Gasteiger partial charge >= 0.3 is 0 Å². The quantitative estimate of drug-likeness (QED) is 0.752. The molecular weight excluding hydrogens is 398 g/mol. The molecule has 0 radical (unpaired) electrons. The van der Waals surface area contributed by atoms with Crippen molar-refractivity contribution in [3.8, 4) is 0 Å². The lowest BCUT2D eigenvalue weighted by atomic mass is 9.72. The Kier molecular flexibility index (Phi) is 7.02. The molecule has 6 heteroatoms. The minimum absolute atomic E-state index is 0.0285. The van der Waals surface area contributed by atoms with Crippen LogP contribution >= 0.6 is 0 Å². The summed E-state index contributed by atoms with van der Waals surface area (Å²) in [4.78, 5) is 4.63. The van der Waals surface area contributed by atoms with E-state index in [0.29, 0.717) is 24.0 Å². The molecule has 2 aromatic carbocycles. The van der Waals surface area contributed by atoms with Crippen LogP contribution in [0.25, 0.3) is 0 Å². The average Bonchev–Trinajstić information content (AvgIpc) is 2.79. The molecule has 2 aromatic rings. The van der Waals surface area contributed by atoms with Gasteiger partial charge in [-0.1, -0.05) is 24.3 Å². The van der Waals surface area contributed by atoms with E-state index in [-0.39, 0.29) is 17.6 Å². The Hall–Kier alpha value is -1.86. The number of ether oxygens (including phenoxy) is 1. The maximum atomic E-state index is 13.5. The summed E-state index contributed by atoms with van der Waals surface area (Å²) >= 11 is 0. The number of likely N-dealkylation sites (tertiary alicyclic amines) is 1. The summed E-state index contributed by atoms with van der Waals surface area (Å²) in [6.45, 7) is 4.56. The zero-order valence-corrected chi connectivity index (χ0v) is 18.1. The maximum absolute atomic E-state index is 13.5. The van der Waals surface area contributed by atoms with Crippen LogP contribution in [-0.4, -0.2) is 61.0 Å². The fourth-order valence-electron chi connectivity index (χ4n) is 4.92. The van der Waals surface area contributed by atoms with Crippen molar-refractivity contribution in [2.75, 3.05) is 40.0 Å². The molecule has 4 nitrogen and oxygen atoms in total. The first-order chi connectivity index (χ1) is 14.9. The monoisotopic (exact) mass is 430 g/mol. The van der Waals surface area contributed by atoms with Crippen LogP contribution in [0.2, 0.25) is 0 Å². The molecule has 1 unspecified atom stereocenters. The van der Waals surface area contributed by atoms with Crippen molar-refractivity contribution in [3.05, 3.63) is 71.3 Å². The third kappa shape index (κ3) is 5.14. The highest BCUT2D eigenvalue weighted by atomic mass is 19.1. The number of hydrogen-bond acceptors (Lipinski definition) is 4. The van der Waals surface area contributed by atoms with E-state index in [0.717, 1.165) is 51.9 Å². The van der Waals surface area contributed by atoms with E-state index >= 15 is 0 Å². The molecular formula is C25H32F2N2O2. The highest BCUT2D eigenvalue weighted by Crippen LogP contribution is 2.42. The van der Waals surface area contributed by atoms with Crippen LogP contribution in [0.5, 0.6) is 0 Å². The standard InChI is InChI=1S/C25H32F2N2O2/c1-28-14-12-24(31-18-28)13-17-29-15-10-21(11-16-29)25(30,19-2-6-22(26)7-3-19)20-4-8-23(27)9-5-20/h2-9,21,24,30H,10-18H2,1H3. The van der Waals surface area contributed by atoms with E-state index in [1.807, 2.05) is 0 Å². The molecule has 0 amide bonds. The summed E-state index contributed by atoms with van der Waals surface area (Å²) in [6, 6.07) is 12.1. The number of aliphatic hydroxyl groups is 1. The predicted octanol–water partition coefficient (Wildman–Crippen LogP) is 3.98. The summed E-state index contributed by atoms with van der Waals surface area (Å²) in [5, 5.41) is 11.9. The van der Waals surface area contributed by atoms with Gasteiger partial charge in [-0.25, -0.2) is 8.78 Å².